The largest absolute Gasteiger partial charge is 0.467 e. The first-order valence-electron chi connectivity index (χ1n) is 16.8. The van der Waals surface area contributed by atoms with Crippen molar-refractivity contribution in [3.8, 4) is 0 Å². The van der Waals surface area contributed by atoms with E-state index in [9.17, 15) is 24.0 Å². The summed E-state index contributed by atoms with van der Waals surface area (Å²) in [7, 11) is 1.25. The van der Waals surface area contributed by atoms with Gasteiger partial charge in [-0.2, -0.15) is 0 Å². The molecular formula is C38H44N4O8. The Balaban J connectivity index is 1.25. The van der Waals surface area contributed by atoms with Crippen LogP contribution in [0.25, 0.3) is 0 Å². The van der Waals surface area contributed by atoms with Crippen LogP contribution in [-0.4, -0.2) is 67.4 Å². The zero-order valence-corrected chi connectivity index (χ0v) is 28.8. The van der Waals surface area contributed by atoms with Crippen molar-refractivity contribution in [3.63, 3.8) is 0 Å². The second-order valence-corrected chi connectivity index (χ2v) is 13.3. The van der Waals surface area contributed by atoms with Crippen molar-refractivity contribution in [2.75, 3.05) is 23.5 Å². The van der Waals surface area contributed by atoms with Gasteiger partial charge in [-0.3, -0.25) is 19.4 Å². The number of nitrogens with zero attached hydrogens (tertiary/aromatic N) is 2. The van der Waals surface area contributed by atoms with Gasteiger partial charge in [0.2, 0.25) is 5.91 Å². The number of unbranched alkanes of at least 4 members (excludes halogenated alkanes) is 1. The number of amides is 4. The quantitative estimate of drug-likeness (QED) is 0.162. The minimum Gasteiger partial charge on any atom is -0.467 e. The van der Waals surface area contributed by atoms with Gasteiger partial charge in [0.25, 0.3) is 5.91 Å². The number of anilines is 2. The van der Waals surface area contributed by atoms with Crippen molar-refractivity contribution >= 4 is 41.3 Å². The molecule has 264 valence electrons. The van der Waals surface area contributed by atoms with Gasteiger partial charge < -0.3 is 24.8 Å². The zero-order chi connectivity index (χ0) is 35.8. The maximum absolute atomic E-state index is 14.5. The van der Waals surface area contributed by atoms with E-state index in [1.165, 1.54) is 16.9 Å². The van der Waals surface area contributed by atoms with E-state index in [-0.39, 0.29) is 25.9 Å². The van der Waals surface area contributed by atoms with E-state index in [4.69, 9.17) is 14.2 Å². The molecule has 0 spiro atoms. The number of hydrogen-bond donors (Lipinski definition) is 2. The smallest absolute Gasteiger partial charge is 0.415 e. The third-order valence-corrected chi connectivity index (χ3v) is 8.57. The van der Waals surface area contributed by atoms with Crippen LogP contribution >= 0.6 is 0 Å². The van der Waals surface area contributed by atoms with E-state index < -0.39 is 53.7 Å². The molecule has 12 nitrogen and oxygen atoms in total. The summed E-state index contributed by atoms with van der Waals surface area (Å²) in [5, 5.41) is 5.51. The third-order valence-electron chi connectivity index (χ3n) is 8.57. The lowest BCUT2D eigenvalue weighted by Crippen LogP contribution is -2.57. The Bertz CT molecular complexity index is 1710. The highest BCUT2D eigenvalue weighted by molar-refractivity contribution is 6.11. The number of esters is 1. The fraction of sp³-hybridized carbons (Fsp3) is 0.395. The molecule has 4 amide bonds. The summed E-state index contributed by atoms with van der Waals surface area (Å²) in [6.45, 7) is 5.75. The molecule has 3 aromatic carbocycles. The van der Waals surface area contributed by atoms with Crippen LogP contribution in [0.15, 0.2) is 78.9 Å². The summed E-state index contributed by atoms with van der Waals surface area (Å²) < 4.78 is 15.9. The highest BCUT2D eigenvalue weighted by atomic mass is 16.6. The molecule has 5 rings (SSSR count). The number of hydrogen-bond acceptors (Lipinski definition) is 8. The van der Waals surface area contributed by atoms with Gasteiger partial charge >= 0.3 is 18.2 Å². The maximum atomic E-state index is 14.5. The van der Waals surface area contributed by atoms with E-state index in [0.29, 0.717) is 30.8 Å². The van der Waals surface area contributed by atoms with Crippen molar-refractivity contribution in [1.29, 1.82) is 0 Å². The molecule has 12 heteroatoms. The van der Waals surface area contributed by atoms with Crippen molar-refractivity contribution in [2.24, 2.45) is 0 Å². The standard InChI is InChI=1S/C38H44N4O8/c1-38(2,3)50-37(47)42-30-20-11-9-17-27(30)23-32(42)34(44)41-29-19-10-8-16-26(29)22-31(41)33(43)40-28(35(45)48-4)18-12-13-21-39-36(46)49-24-25-14-6-5-7-15-25/h5-11,14-17,19-20,28,31-32H,12-13,18,21-24H2,1-4H3,(H,39,46)(H,40,43)/t28-,31-,32-/m1/s1. The average Bonchev–Trinajstić information content (AvgIpc) is 3.69. The first-order chi connectivity index (χ1) is 24.0. The lowest BCUT2D eigenvalue weighted by molar-refractivity contribution is -0.145. The predicted octanol–water partition coefficient (Wildman–Crippen LogP) is 5.07. The van der Waals surface area contributed by atoms with Gasteiger partial charge in [0.1, 0.15) is 30.3 Å². The van der Waals surface area contributed by atoms with E-state index >= 15 is 0 Å². The van der Waals surface area contributed by atoms with E-state index in [1.807, 2.05) is 54.6 Å². The Labute approximate surface area is 292 Å². The van der Waals surface area contributed by atoms with Gasteiger partial charge in [-0.1, -0.05) is 66.7 Å². The third kappa shape index (κ3) is 8.60. The first kappa shape index (κ1) is 35.9. The van der Waals surface area contributed by atoms with Crippen LogP contribution in [0.2, 0.25) is 0 Å². The highest BCUT2D eigenvalue weighted by Crippen LogP contribution is 2.38. The number of para-hydroxylation sites is 2. The van der Waals surface area contributed by atoms with Gasteiger partial charge in [0, 0.05) is 25.1 Å². The molecule has 0 saturated carbocycles. The lowest BCUT2D eigenvalue weighted by atomic mass is 10.1. The molecule has 0 unspecified atom stereocenters. The number of fused-ring (bicyclic) bond motifs is 2. The second kappa shape index (κ2) is 15.9. The molecular weight excluding hydrogens is 640 g/mol. The Kier molecular flexibility index (Phi) is 11.4. The summed E-state index contributed by atoms with van der Waals surface area (Å²) in [5.41, 5.74) is 2.83. The average molecular weight is 685 g/mol. The van der Waals surface area contributed by atoms with Crippen molar-refractivity contribution < 1.29 is 38.2 Å². The number of ether oxygens (including phenoxy) is 3. The molecule has 3 aromatic rings. The Morgan fingerprint density at radius 1 is 0.800 bits per heavy atom. The van der Waals surface area contributed by atoms with E-state index in [1.54, 1.807) is 45.0 Å². The van der Waals surface area contributed by atoms with Crippen LogP contribution in [0.3, 0.4) is 0 Å². The Morgan fingerprint density at radius 3 is 2.04 bits per heavy atom. The van der Waals surface area contributed by atoms with E-state index in [0.717, 1.165) is 16.7 Å². The zero-order valence-electron chi connectivity index (χ0n) is 28.8. The monoisotopic (exact) mass is 684 g/mol. The SMILES string of the molecule is COC(=O)[C@@H](CCCCNC(=O)OCc1ccccc1)NC(=O)[C@H]1Cc2ccccc2N1C(=O)[C@H]1Cc2ccccc2N1C(=O)OC(C)(C)C. The van der Waals surface area contributed by atoms with Gasteiger partial charge in [0.15, 0.2) is 0 Å². The van der Waals surface area contributed by atoms with Crippen LogP contribution in [0.5, 0.6) is 0 Å². The van der Waals surface area contributed by atoms with Crippen LogP contribution in [0.4, 0.5) is 21.0 Å². The van der Waals surface area contributed by atoms with Gasteiger partial charge in [-0.15, -0.1) is 0 Å². The summed E-state index contributed by atoms with van der Waals surface area (Å²) in [4.78, 5) is 69.7. The Morgan fingerprint density at radius 2 is 1.40 bits per heavy atom. The number of nitrogens with one attached hydrogen (secondary N) is 2. The number of carbonyl (C=O) groups is 5. The molecule has 2 heterocycles. The number of rotatable bonds is 11. The molecule has 2 aliphatic rings. The first-order valence-corrected chi connectivity index (χ1v) is 16.8. The number of carbonyl (C=O) groups excluding carboxylic acids is 5. The minimum atomic E-state index is -0.979. The van der Waals surface area contributed by atoms with Crippen molar-refractivity contribution in [1.82, 2.24) is 10.6 Å². The van der Waals surface area contributed by atoms with Gasteiger partial charge in [-0.25, -0.2) is 14.4 Å². The number of alkyl carbamates (subject to hydrolysis) is 1. The molecule has 2 N–H and O–H groups in total. The Hall–Kier alpha value is -5.39. The topological polar surface area (TPSA) is 144 Å². The summed E-state index contributed by atoms with van der Waals surface area (Å²) >= 11 is 0. The molecule has 3 atom stereocenters. The summed E-state index contributed by atoms with van der Waals surface area (Å²) in [6, 6.07) is 21.0. The van der Waals surface area contributed by atoms with Crippen LogP contribution < -0.4 is 20.4 Å². The molecule has 0 bridgehead atoms. The highest BCUT2D eigenvalue weighted by Gasteiger charge is 2.47. The maximum Gasteiger partial charge on any atom is 0.415 e. The number of benzene rings is 3. The molecule has 50 heavy (non-hydrogen) atoms. The van der Waals surface area contributed by atoms with Crippen molar-refractivity contribution in [2.45, 2.75) is 83.2 Å². The van der Waals surface area contributed by atoms with Crippen LogP contribution in [0.1, 0.15) is 56.7 Å². The van der Waals surface area contributed by atoms with Gasteiger partial charge in [0.05, 0.1) is 12.8 Å². The lowest BCUT2D eigenvalue weighted by Gasteiger charge is -2.33. The molecule has 0 saturated heterocycles. The second-order valence-electron chi connectivity index (χ2n) is 13.3. The molecule has 2 aliphatic heterocycles. The number of methoxy groups -OCH3 is 1. The summed E-state index contributed by atoms with van der Waals surface area (Å²) in [6.07, 6.45) is 0.524. The molecule has 0 aromatic heterocycles. The molecule has 0 aliphatic carbocycles. The summed E-state index contributed by atoms with van der Waals surface area (Å²) in [5.74, 6) is -1.58. The van der Waals surface area contributed by atoms with E-state index in [2.05, 4.69) is 10.6 Å². The normalized spacial score (nSPS) is 16.9. The molecule has 0 radical (unpaired) electrons. The van der Waals surface area contributed by atoms with Crippen molar-refractivity contribution in [3.05, 3.63) is 95.6 Å². The molecule has 0 fully saturated rings. The fourth-order valence-corrected chi connectivity index (χ4v) is 6.25. The minimum absolute atomic E-state index is 0.153. The van der Waals surface area contributed by atoms with Gasteiger partial charge in [-0.05, 0) is 68.9 Å². The van der Waals surface area contributed by atoms with Crippen LogP contribution in [0, 0.1) is 0 Å². The fourth-order valence-electron chi connectivity index (χ4n) is 6.25. The predicted molar refractivity (Wildman–Crippen MR) is 186 cm³/mol. The van der Waals surface area contributed by atoms with Crippen LogP contribution in [-0.2, 0) is 48.0 Å².